The van der Waals surface area contributed by atoms with Gasteiger partial charge in [0.1, 0.15) is 17.4 Å². The van der Waals surface area contributed by atoms with Gasteiger partial charge in [-0.1, -0.05) is 83.8 Å². The lowest BCUT2D eigenvalue weighted by molar-refractivity contribution is -0.139. The van der Waals surface area contributed by atoms with Crippen LogP contribution in [-0.4, -0.2) is 55.2 Å². The molecule has 0 amide bonds. The Labute approximate surface area is 345 Å². The highest BCUT2D eigenvalue weighted by atomic mass is 19.1. The van der Waals surface area contributed by atoms with Crippen LogP contribution in [0.1, 0.15) is 121 Å². The second-order valence-electron chi connectivity index (χ2n) is 16.9. The zero-order valence-electron chi connectivity index (χ0n) is 35.3. The van der Waals surface area contributed by atoms with E-state index in [0.717, 1.165) is 17.9 Å². The van der Waals surface area contributed by atoms with Gasteiger partial charge < -0.3 is 24.4 Å². The molecule has 0 spiro atoms. The molecule has 7 nitrogen and oxygen atoms in total. The highest BCUT2D eigenvalue weighted by Crippen LogP contribution is 2.41. The largest absolute Gasteiger partial charge is 0.493 e. The molecule has 1 atom stereocenters. The van der Waals surface area contributed by atoms with Gasteiger partial charge in [0, 0.05) is 16.6 Å². The number of aliphatic hydroxyl groups excluding tert-OH is 2. The van der Waals surface area contributed by atoms with Crippen LogP contribution in [0.15, 0.2) is 66.8 Å². The van der Waals surface area contributed by atoms with Gasteiger partial charge in [0.25, 0.3) is 0 Å². The van der Waals surface area contributed by atoms with E-state index < -0.39 is 29.0 Å². The first-order chi connectivity index (χ1) is 27.8. The number of hydrogen-bond acceptors (Lipinski definition) is 7. The summed E-state index contributed by atoms with van der Waals surface area (Å²) in [5, 5.41) is 19.8. The van der Waals surface area contributed by atoms with E-state index in [1.165, 1.54) is 63.5 Å². The zero-order valence-corrected chi connectivity index (χ0v) is 35.3. The van der Waals surface area contributed by atoms with Crippen molar-refractivity contribution in [2.24, 2.45) is 23.2 Å². The smallest absolute Gasteiger partial charge is 0.333 e. The third kappa shape index (κ3) is 13.5. The van der Waals surface area contributed by atoms with E-state index >= 15 is 8.78 Å². The lowest BCUT2D eigenvalue weighted by Gasteiger charge is -2.33. The Kier molecular flexibility index (Phi) is 18.4. The van der Waals surface area contributed by atoms with Crippen LogP contribution in [0, 0.1) is 34.8 Å². The summed E-state index contributed by atoms with van der Waals surface area (Å²) in [4.78, 5) is 24.2. The number of carbonyl (C=O) groups excluding carboxylic acids is 2. The van der Waals surface area contributed by atoms with Gasteiger partial charge in [-0.15, -0.1) is 0 Å². The summed E-state index contributed by atoms with van der Waals surface area (Å²) in [6.45, 7) is 14.2. The molecule has 0 radical (unpaired) electrons. The molecule has 1 fully saturated rings. The summed E-state index contributed by atoms with van der Waals surface area (Å²) in [5.41, 5.74) is 2.53. The topological polar surface area (TPSA) is 102 Å². The monoisotopic (exact) mass is 804 g/mol. The van der Waals surface area contributed by atoms with Crippen LogP contribution in [-0.2, 0) is 31.9 Å². The van der Waals surface area contributed by atoms with Gasteiger partial charge in [-0.3, -0.25) is 0 Å². The number of allylic oxidation sites excluding steroid dienone is 4. The maximum atomic E-state index is 16.3. The molecule has 2 aliphatic carbocycles. The highest BCUT2D eigenvalue weighted by molar-refractivity contribution is 5.87. The van der Waals surface area contributed by atoms with E-state index in [-0.39, 0.29) is 49.7 Å². The lowest BCUT2D eigenvalue weighted by atomic mass is 9.72. The Morgan fingerprint density at radius 2 is 1.38 bits per heavy atom. The SMILES string of the molecule is C=C(C)C(=O)OCCCc1cc(-c2c(F)cc(C3=CCC(C4CCC(CCCCC)CC4)C=C3)cc2F)cc(CCCOC(=O)C(=C)C)c1OCCC(C)(CO)CO. The van der Waals surface area contributed by atoms with E-state index in [4.69, 9.17) is 14.2 Å². The van der Waals surface area contributed by atoms with Crippen LogP contribution >= 0.6 is 0 Å². The second kappa shape index (κ2) is 22.9. The fraction of sp³-hybridized carbons (Fsp3) is 0.551. The van der Waals surface area contributed by atoms with Crippen LogP contribution in [0.5, 0.6) is 5.75 Å². The van der Waals surface area contributed by atoms with Crippen LogP contribution in [0.3, 0.4) is 0 Å². The van der Waals surface area contributed by atoms with E-state index in [1.54, 1.807) is 32.9 Å². The van der Waals surface area contributed by atoms with E-state index in [9.17, 15) is 19.8 Å². The Balaban J connectivity index is 1.61. The van der Waals surface area contributed by atoms with E-state index in [0.29, 0.717) is 71.9 Å². The fourth-order valence-electron chi connectivity index (χ4n) is 7.97. The van der Waals surface area contributed by atoms with Crippen molar-refractivity contribution in [3.05, 3.63) is 95.1 Å². The van der Waals surface area contributed by atoms with Crippen molar-refractivity contribution in [1.82, 2.24) is 0 Å². The predicted octanol–water partition coefficient (Wildman–Crippen LogP) is 10.8. The number of halogens is 2. The van der Waals surface area contributed by atoms with Crippen LogP contribution in [0.4, 0.5) is 8.78 Å². The summed E-state index contributed by atoms with van der Waals surface area (Å²) in [7, 11) is 0. The maximum Gasteiger partial charge on any atom is 0.333 e. The highest BCUT2D eigenvalue weighted by Gasteiger charge is 2.28. The van der Waals surface area contributed by atoms with Crippen molar-refractivity contribution in [3.63, 3.8) is 0 Å². The molecule has 2 N–H and O–H groups in total. The van der Waals surface area contributed by atoms with Crippen molar-refractivity contribution in [2.45, 2.75) is 118 Å². The van der Waals surface area contributed by atoms with Crippen LogP contribution < -0.4 is 4.74 Å². The van der Waals surface area contributed by atoms with Gasteiger partial charge in [0.2, 0.25) is 0 Å². The molecule has 2 aromatic carbocycles. The number of rotatable bonds is 23. The summed E-state index contributed by atoms with van der Waals surface area (Å²) in [6.07, 6.45) is 19.4. The van der Waals surface area contributed by atoms with Gasteiger partial charge in [0.05, 0.1) is 38.6 Å². The van der Waals surface area contributed by atoms with Gasteiger partial charge in [0.15, 0.2) is 0 Å². The molecule has 0 heterocycles. The maximum absolute atomic E-state index is 16.3. The third-order valence-corrected chi connectivity index (χ3v) is 11.8. The Hall–Kier alpha value is -4.08. The Bertz CT molecular complexity index is 1700. The number of unbranched alkanes of at least 4 members (excludes halogenated alkanes) is 2. The first kappa shape index (κ1) is 46.6. The minimum Gasteiger partial charge on any atom is -0.493 e. The van der Waals surface area contributed by atoms with Gasteiger partial charge in [-0.2, -0.15) is 0 Å². The standard InChI is InChI=1S/C49H66F2O7/c1-7-8-9-12-35-15-17-36(18-16-35)37-19-21-38(22-20-37)41-29-43(50)45(44(51)30-41)42-27-39(13-10-24-57-47(54)33(2)3)46(56-26-23-49(6,31-52)32-53)40(28-42)14-11-25-58-48(55)34(4)5/h19,21-22,27-30,35-37,52-53H,2,4,7-18,20,23-26,31-32H2,1,3,5-6H3. The number of ether oxygens (including phenoxy) is 3. The lowest BCUT2D eigenvalue weighted by Crippen LogP contribution is -2.28. The predicted molar refractivity (Wildman–Crippen MR) is 227 cm³/mol. The molecule has 1 unspecified atom stereocenters. The normalized spacial score (nSPS) is 18.1. The number of benzene rings is 2. The Morgan fingerprint density at radius 1 is 0.810 bits per heavy atom. The second-order valence-corrected chi connectivity index (χ2v) is 16.9. The molecule has 0 aliphatic heterocycles. The number of esters is 2. The number of aliphatic hydroxyl groups is 2. The van der Waals surface area contributed by atoms with Crippen molar-refractivity contribution >= 4 is 17.5 Å². The fourth-order valence-corrected chi connectivity index (χ4v) is 7.97. The summed E-state index contributed by atoms with van der Waals surface area (Å²) < 4.78 is 49.6. The molecule has 58 heavy (non-hydrogen) atoms. The Morgan fingerprint density at radius 3 is 1.86 bits per heavy atom. The number of carbonyl (C=O) groups is 2. The molecular formula is C49H66F2O7. The van der Waals surface area contributed by atoms with Gasteiger partial charge in [-0.05, 0) is 135 Å². The third-order valence-electron chi connectivity index (χ3n) is 11.8. The average molecular weight is 805 g/mol. The zero-order chi connectivity index (χ0) is 42.2. The molecule has 318 valence electrons. The first-order valence-electron chi connectivity index (χ1n) is 21.3. The van der Waals surface area contributed by atoms with Gasteiger partial charge >= 0.3 is 11.9 Å². The van der Waals surface area contributed by atoms with Crippen molar-refractivity contribution in [1.29, 1.82) is 0 Å². The molecule has 1 saturated carbocycles. The molecule has 0 aromatic heterocycles. The van der Waals surface area contributed by atoms with Crippen LogP contribution in [0.25, 0.3) is 16.7 Å². The van der Waals surface area contributed by atoms with Crippen molar-refractivity contribution in [3.8, 4) is 16.9 Å². The van der Waals surface area contributed by atoms with Crippen LogP contribution in [0.2, 0.25) is 0 Å². The molecule has 2 aliphatic rings. The summed E-state index contributed by atoms with van der Waals surface area (Å²) in [6, 6.07) is 6.22. The quantitative estimate of drug-likeness (QED) is 0.0655. The van der Waals surface area contributed by atoms with Gasteiger partial charge in [-0.25, -0.2) is 18.4 Å². The molecule has 0 bridgehead atoms. The first-order valence-corrected chi connectivity index (χ1v) is 21.3. The molecule has 2 aromatic rings. The summed E-state index contributed by atoms with van der Waals surface area (Å²) >= 11 is 0. The number of hydrogen-bond donors (Lipinski definition) is 2. The molecule has 4 rings (SSSR count). The van der Waals surface area contributed by atoms with Crippen molar-refractivity contribution < 1.29 is 42.8 Å². The van der Waals surface area contributed by atoms with E-state index in [2.05, 4.69) is 32.2 Å². The minimum absolute atomic E-state index is 0.0931. The number of aryl methyl sites for hydroxylation is 2. The van der Waals surface area contributed by atoms with E-state index in [1.807, 2.05) is 6.08 Å². The summed E-state index contributed by atoms with van der Waals surface area (Å²) in [5.74, 6) is 0.0375. The average Bonchev–Trinajstić information content (AvgIpc) is 3.21. The molecule has 0 saturated heterocycles. The van der Waals surface area contributed by atoms with Crippen molar-refractivity contribution in [2.75, 3.05) is 33.0 Å². The molecular weight excluding hydrogens is 739 g/mol. The molecule has 9 heteroatoms. The minimum atomic E-state index is -0.779.